The smallest absolute Gasteiger partial charge is 0.475 e. The van der Waals surface area contributed by atoms with Crippen molar-refractivity contribution in [3.63, 3.8) is 0 Å². The molecule has 2 saturated heterocycles. The van der Waals surface area contributed by atoms with E-state index in [1.807, 2.05) is 11.0 Å². The molecular formula is C24H32F4N2O4. The van der Waals surface area contributed by atoms with Crippen LogP contribution in [0.1, 0.15) is 38.2 Å². The van der Waals surface area contributed by atoms with Crippen molar-refractivity contribution >= 4 is 11.9 Å². The Morgan fingerprint density at radius 1 is 1.18 bits per heavy atom. The lowest BCUT2D eigenvalue weighted by Gasteiger charge is -2.42. The van der Waals surface area contributed by atoms with Crippen LogP contribution in [0.3, 0.4) is 0 Å². The minimum Gasteiger partial charge on any atom is -0.475 e. The Hall–Kier alpha value is -2.20. The summed E-state index contributed by atoms with van der Waals surface area (Å²) in [5.41, 5.74) is 1.22. The summed E-state index contributed by atoms with van der Waals surface area (Å²) >= 11 is 0. The van der Waals surface area contributed by atoms with E-state index in [0.29, 0.717) is 5.92 Å². The molecule has 1 aliphatic carbocycles. The molecule has 1 atom stereocenters. The van der Waals surface area contributed by atoms with Gasteiger partial charge in [-0.3, -0.25) is 9.69 Å². The van der Waals surface area contributed by atoms with Crippen molar-refractivity contribution in [3.8, 4) is 0 Å². The molecule has 2 aliphatic heterocycles. The Balaban J connectivity index is 0.000000406. The number of carbonyl (C=O) groups excluding carboxylic acids is 1. The molecule has 1 saturated carbocycles. The third-order valence-electron chi connectivity index (χ3n) is 7.02. The monoisotopic (exact) mass is 488 g/mol. The molecule has 1 amide bonds. The lowest BCUT2D eigenvalue weighted by molar-refractivity contribution is -0.192. The maximum Gasteiger partial charge on any atom is 0.490 e. The van der Waals surface area contributed by atoms with E-state index in [9.17, 15) is 22.4 Å². The fraction of sp³-hybridized carbons (Fsp3) is 0.667. The van der Waals surface area contributed by atoms with Crippen LogP contribution >= 0.6 is 0 Å². The van der Waals surface area contributed by atoms with Crippen molar-refractivity contribution in [2.24, 2.45) is 17.3 Å². The van der Waals surface area contributed by atoms with E-state index in [0.717, 1.165) is 70.3 Å². The zero-order valence-electron chi connectivity index (χ0n) is 19.3. The quantitative estimate of drug-likeness (QED) is 0.615. The predicted octanol–water partition coefficient (Wildman–Crippen LogP) is 3.95. The molecule has 0 bridgehead atoms. The summed E-state index contributed by atoms with van der Waals surface area (Å²) in [6.07, 6.45) is -0.290. The van der Waals surface area contributed by atoms with Crippen molar-refractivity contribution in [3.05, 3.63) is 35.6 Å². The summed E-state index contributed by atoms with van der Waals surface area (Å²) in [7, 11) is 0. The van der Waals surface area contributed by atoms with Crippen LogP contribution in [-0.2, 0) is 20.9 Å². The van der Waals surface area contributed by atoms with Gasteiger partial charge in [-0.25, -0.2) is 9.18 Å². The number of likely N-dealkylation sites (tertiary alicyclic amines) is 2. The van der Waals surface area contributed by atoms with Gasteiger partial charge in [0, 0.05) is 39.1 Å². The summed E-state index contributed by atoms with van der Waals surface area (Å²) in [6, 6.07) is 6.90. The first-order valence-electron chi connectivity index (χ1n) is 11.6. The average molecular weight is 489 g/mol. The SMILES string of the molecule is CC(=O)N1CC(COCC2CC2)C2(CCN(Cc3cccc(F)c3)CC2)C1.O=C(O)C(F)(F)F. The molecule has 34 heavy (non-hydrogen) atoms. The summed E-state index contributed by atoms with van der Waals surface area (Å²) < 4.78 is 51.2. The molecule has 10 heteroatoms. The number of benzene rings is 1. The normalized spacial score (nSPS) is 22.4. The van der Waals surface area contributed by atoms with Crippen LogP contribution in [-0.4, -0.2) is 72.4 Å². The standard InChI is InChI=1S/C22H31FN2O2.C2HF3O2/c1-17(26)25-13-20(15-27-14-18-5-6-18)22(16-25)7-9-24(10-8-22)12-19-3-2-4-21(23)11-19;3-2(4,5)1(6)7/h2-4,11,18,20H,5-10,12-16H2,1H3;(H,6,7). The van der Waals surface area contributed by atoms with Gasteiger partial charge in [-0.1, -0.05) is 12.1 Å². The highest BCUT2D eigenvalue weighted by molar-refractivity contribution is 5.73. The van der Waals surface area contributed by atoms with Gasteiger partial charge in [-0.05, 0) is 67.8 Å². The summed E-state index contributed by atoms with van der Waals surface area (Å²) in [5.74, 6) is -1.52. The number of rotatable bonds is 6. The number of halogens is 4. The van der Waals surface area contributed by atoms with Crippen LogP contribution in [0.5, 0.6) is 0 Å². The number of piperidine rings is 1. The molecule has 3 aliphatic rings. The Kier molecular flexibility index (Phi) is 8.57. The molecule has 4 rings (SSSR count). The summed E-state index contributed by atoms with van der Waals surface area (Å²) in [5, 5.41) is 7.12. The van der Waals surface area contributed by atoms with Crippen LogP contribution in [0.25, 0.3) is 0 Å². The Morgan fingerprint density at radius 3 is 2.35 bits per heavy atom. The molecule has 1 aromatic carbocycles. The van der Waals surface area contributed by atoms with Crippen LogP contribution in [0, 0.1) is 23.1 Å². The van der Waals surface area contributed by atoms with Crippen LogP contribution < -0.4 is 0 Å². The minimum absolute atomic E-state index is 0.165. The van der Waals surface area contributed by atoms with Crippen LogP contribution in [0.2, 0.25) is 0 Å². The van der Waals surface area contributed by atoms with Crippen molar-refractivity contribution in [2.45, 2.75) is 45.3 Å². The fourth-order valence-corrected chi connectivity index (χ4v) is 4.78. The Bertz CT molecular complexity index is 852. The number of carboxylic acids is 1. The second-order valence-electron chi connectivity index (χ2n) is 9.65. The van der Waals surface area contributed by atoms with Gasteiger partial charge in [-0.2, -0.15) is 13.2 Å². The largest absolute Gasteiger partial charge is 0.490 e. The van der Waals surface area contributed by atoms with E-state index in [1.54, 1.807) is 19.1 Å². The molecule has 3 fully saturated rings. The Morgan fingerprint density at radius 2 is 1.82 bits per heavy atom. The van der Waals surface area contributed by atoms with E-state index in [1.165, 1.54) is 18.9 Å². The molecule has 1 spiro atoms. The highest BCUT2D eigenvalue weighted by Gasteiger charge is 2.48. The number of ether oxygens (including phenoxy) is 1. The average Bonchev–Trinajstić information content (AvgIpc) is 3.51. The first-order valence-corrected chi connectivity index (χ1v) is 11.6. The second kappa shape index (κ2) is 11.0. The van der Waals surface area contributed by atoms with Crippen LogP contribution in [0.15, 0.2) is 24.3 Å². The van der Waals surface area contributed by atoms with Crippen molar-refractivity contribution in [1.82, 2.24) is 9.80 Å². The summed E-state index contributed by atoms with van der Waals surface area (Å²) in [6.45, 7) is 7.86. The number of alkyl halides is 3. The van der Waals surface area contributed by atoms with Crippen molar-refractivity contribution in [2.75, 3.05) is 39.4 Å². The number of carbonyl (C=O) groups is 2. The lowest BCUT2D eigenvalue weighted by atomic mass is 9.71. The number of aliphatic carboxylic acids is 1. The van der Waals surface area contributed by atoms with Gasteiger partial charge in [0.05, 0.1) is 6.61 Å². The Labute approximate surface area is 196 Å². The number of nitrogens with zero attached hydrogens (tertiary/aromatic N) is 2. The fourth-order valence-electron chi connectivity index (χ4n) is 4.78. The topological polar surface area (TPSA) is 70.1 Å². The first-order chi connectivity index (χ1) is 16.0. The van der Waals surface area contributed by atoms with E-state index >= 15 is 0 Å². The zero-order chi connectivity index (χ0) is 24.9. The minimum atomic E-state index is -5.08. The number of hydrogen-bond donors (Lipinski definition) is 1. The molecule has 6 nitrogen and oxygen atoms in total. The zero-order valence-corrected chi connectivity index (χ0v) is 19.3. The maximum absolute atomic E-state index is 13.4. The molecule has 2 heterocycles. The lowest BCUT2D eigenvalue weighted by Crippen LogP contribution is -2.45. The molecule has 0 radical (unpaired) electrons. The number of carboxylic acid groups (broad SMARTS) is 1. The van der Waals surface area contributed by atoms with E-state index in [4.69, 9.17) is 14.6 Å². The molecule has 0 aromatic heterocycles. The third kappa shape index (κ3) is 7.40. The van der Waals surface area contributed by atoms with Gasteiger partial charge in [0.1, 0.15) is 5.82 Å². The first kappa shape index (κ1) is 26.4. The van der Waals surface area contributed by atoms with Gasteiger partial charge < -0.3 is 14.7 Å². The van der Waals surface area contributed by atoms with Gasteiger partial charge in [0.2, 0.25) is 5.91 Å². The molecular weight excluding hydrogens is 456 g/mol. The van der Waals surface area contributed by atoms with Gasteiger partial charge in [0.15, 0.2) is 0 Å². The highest BCUT2D eigenvalue weighted by atomic mass is 19.4. The third-order valence-corrected chi connectivity index (χ3v) is 7.02. The van der Waals surface area contributed by atoms with Gasteiger partial charge >= 0.3 is 12.1 Å². The molecule has 1 N–H and O–H groups in total. The predicted molar refractivity (Wildman–Crippen MR) is 116 cm³/mol. The van der Waals surface area contributed by atoms with Gasteiger partial charge in [0.25, 0.3) is 0 Å². The van der Waals surface area contributed by atoms with E-state index in [-0.39, 0.29) is 17.1 Å². The van der Waals surface area contributed by atoms with Crippen LogP contribution in [0.4, 0.5) is 17.6 Å². The second-order valence-corrected chi connectivity index (χ2v) is 9.65. The number of hydrogen-bond acceptors (Lipinski definition) is 4. The van der Waals surface area contributed by atoms with Gasteiger partial charge in [-0.15, -0.1) is 0 Å². The molecule has 1 unspecified atom stereocenters. The van der Waals surface area contributed by atoms with Crippen molar-refractivity contribution in [1.29, 1.82) is 0 Å². The van der Waals surface area contributed by atoms with E-state index in [2.05, 4.69) is 4.90 Å². The number of amides is 1. The molecule has 1 aromatic rings. The summed E-state index contributed by atoms with van der Waals surface area (Å²) in [4.78, 5) is 25.3. The van der Waals surface area contributed by atoms with Crippen molar-refractivity contribution < 1.29 is 37.0 Å². The highest BCUT2D eigenvalue weighted by Crippen LogP contribution is 2.45. The van der Waals surface area contributed by atoms with E-state index < -0.39 is 12.1 Å². The maximum atomic E-state index is 13.4. The molecule has 190 valence electrons.